The number of benzene rings is 1. The highest BCUT2D eigenvalue weighted by molar-refractivity contribution is 7.22. The maximum atomic E-state index is 11.2. The van der Waals surface area contributed by atoms with Crippen molar-refractivity contribution >= 4 is 38.1 Å². The van der Waals surface area contributed by atoms with Crippen molar-refractivity contribution in [2.75, 3.05) is 23.7 Å². The van der Waals surface area contributed by atoms with Crippen LogP contribution in [0.15, 0.2) is 12.1 Å². The van der Waals surface area contributed by atoms with Gasteiger partial charge in [0.15, 0.2) is 5.13 Å². The molecule has 0 unspecified atom stereocenters. The zero-order valence-corrected chi connectivity index (χ0v) is 10.4. The lowest BCUT2D eigenvalue weighted by Crippen LogP contribution is -2.18. The summed E-state index contributed by atoms with van der Waals surface area (Å²) >= 11 is 1.36. The van der Waals surface area contributed by atoms with Crippen molar-refractivity contribution in [1.82, 2.24) is 4.98 Å². The standard InChI is InChI=1S/C11H12N4O2S/c12-11-13-7-5-9(15(16)17)8(6-10(7)18-11)14-3-1-2-4-14/h5-6H,1-4H2,(H2,12,13). The summed E-state index contributed by atoms with van der Waals surface area (Å²) in [5, 5.41) is 11.6. The van der Waals surface area contributed by atoms with E-state index >= 15 is 0 Å². The molecule has 1 saturated heterocycles. The first-order valence-electron chi connectivity index (χ1n) is 5.74. The van der Waals surface area contributed by atoms with Crippen LogP contribution in [0.3, 0.4) is 0 Å². The SMILES string of the molecule is Nc1nc2cc([N+](=O)[O-])c(N3CCCC3)cc2s1. The van der Waals surface area contributed by atoms with Crippen molar-refractivity contribution in [3.8, 4) is 0 Å². The topological polar surface area (TPSA) is 85.3 Å². The summed E-state index contributed by atoms with van der Waals surface area (Å²) in [7, 11) is 0. The predicted molar refractivity (Wildman–Crippen MR) is 72.1 cm³/mol. The minimum Gasteiger partial charge on any atom is -0.375 e. The highest BCUT2D eigenvalue weighted by Crippen LogP contribution is 2.37. The number of anilines is 2. The number of nitrogens with two attached hydrogens (primary N) is 1. The van der Waals surface area contributed by atoms with Crippen molar-refractivity contribution < 1.29 is 4.92 Å². The van der Waals surface area contributed by atoms with Crippen LogP contribution in [-0.4, -0.2) is 23.0 Å². The van der Waals surface area contributed by atoms with E-state index in [1.54, 1.807) is 0 Å². The predicted octanol–water partition coefficient (Wildman–Crippen LogP) is 2.39. The summed E-state index contributed by atoms with van der Waals surface area (Å²) in [6.07, 6.45) is 2.17. The Morgan fingerprint density at radius 3 is 2.78 bits per heavy atom. The van der Waals surface area contributed by atoms with Gasteiger partial charge in [-0.3, -0.25) is 10.1 Å². The molecule has 18 heavy (non-hydrogen) atoms. The Morgan fingerprint density at radius 1 is 1.39 bits per heavy atom. The second-order valence-corrected chi connectivity index (χ2v) is 5.37. The van der Waals surface area contributed by atoms with Gasteiger partial charge in [0.05, 0.1) is 15.1 Å². The van der Waals surface area contributed by atoms with Gasteiger partial charge in [-0.15, -0.1) is 0 Å². The fraction of sp³-hybridized carbons (Fsp3) is 0.364. The summed E-state index contributed by atoms with van der Waals surface area (Å²) < 4.78 is 0.903. The molecule has 1 aliphatic rings. The minimum atomic E-state index is -0.345. The largest absolute Gasteiger partial charge is 0.375 e. The molecule has 3 rings (SSSR count). The van der Waals surface area contributed by atoms with E-state index in [1.807, 2.05) is 6.07 Å². The van der Waals surface area contributed by atoms with E-state index in [1.165, 1.54) is 17.4 Å². The molecule has 1 aromatic heterocycles. The molecular formula is C11H12N4O2S. The van der Waals surface area contributed by atoms with Crippen molar-refractivity contribution in [1.29, 1.82) is 0 Å². The van der Waals surface area contributed by atoms with Crippen molar-refractivity contribution in [2.45, 2.75) is 12.8 Å². The Kier molecular flexibility index (Phi) is 2.55. The number of nitrogen functional groups attached to an aromatic ring is 1. The third kappa shape index (κ3) is 1.76. The maximum Gasteiger partial charge on any atom is 0.294 e. The van der Waals surface area contributed by atoms with Gasteiger partial charge >= 0.3 is 0 Å². The van der Waals surface area contributed by atoms with Gasteiger partial charge < -0.3 is 10.6 Å². The van der Waals surface area contributed by atoms with Gasteiger partial charge in [-0.25, -0.2) is 4.98 Å². The van der Waals surface area contributed by atoms with Gasteiger partial charge in [0.2, 0.25) is 0 Å². The van der Waals surface area contributed by atoms with Crippen molar-refractivity contribution in [3.63, 3.8) is 0 Å². The molecule has 1 fully saturated rings. The van der Waals surface area contributed by atoms with Crippen LogP contribution in [0.1, 0.15) is 12.8 Å². The smallest absolute Gasteiger partial charge is 0.294 e. The van der Waals surface area contributed by atoms with E-state index in [-0.39, 0.29) is 10.6 Å². The molecule has 2 heterocycles. The van der Waals surface area contributed by atoms with Gasteiger partial charge in [-0.05, 0) is 18.9 Å². The van der Waals surface area contributed by atoms with E-state index < -0.39 is 0 Å². The maximum absolute atomic E-state index is 11.2. The number of nitro benzene ring substituents is 1. The van der Waals surface area contributed by atoms with Crippen LogP contribution < -0.4 is 10.6 Å². The van der Waals surface area contributed by atoms with Crippen molar-refractivity contribution in [2.24, 2.45) is 0 Å². The van der Waals surface area contributed by atoms with Crippen LogP contribution in [-0.2, 0) is 0 Å². The lowest BCUT2D eigenvalue weighted by Gasteiger charge is -2.17. The minimum absolute atomic E-state index is 0.120. The van der Waals surface area contributed by atoms with E-state index in [9.17, 15) is 10.1 Å². The zero-order chi connectivity index (χ0) is 12.7. The second-order valence-electron chi connectivity index (χ2n) is 4.31. The summed E-state index contributed by atoms with van der Waals surface area (Å²) in [4.78, 5) is 17.0. The molecule has 1 aliphatic heterocycles. The third-order valence-electron chi connectivity index (χ3n) is 3.14. The van der Waals surface area contributed by atoms with E-state index in [2.05, 4.69) is 9.88 Å². The van der Waals surface area contributed by atoms with Crippen LogP contribution in [0.25, 0.3) is 10.2 Å². The average molecular weight is 264 g/mol. The quantitative estimate of drug-likeness (QED) is 0.665. The third-order valence-corrected chi connectivity index (χ3v) is 3.99. The Hall–Kier alpha value is -1.89. The fourth-order valence-electron chi connectivity index (χ4n) is 2.33. The molecule has 2 aromatic rings. The molecule has 2 N–H and O–H groups in total. The molecule has 0 atom stereocenters. The number of nitro groups is 1. The molecule has 0 spiro atoms. The average Bonchev–Trinajstić information content (AvgIpc) is 2.93. The van der Waals surface area contributed by atoms with Gasteiger partial charge in [-0.1, -0.05) is 11.3 Å². The summed E-state index contributed by atoms with van der Waals surface area (Å²) in [5.41, 5.74) is 7.06. The van der Waals surface area contributed by atoms with E-state index in [0.29, 0.717) is 16.3 Å². The number of nitrogens with zero attached hydrogens (tertiary/aromatic N) is 3. The molecule has 0 radical (unpaired) electrons. The first kappa shape index (κ1) is 11.2. The lowest BCUT2D eigenvalue weighted by atomic mass is 10.2. The number of fused-ring (bicyclic) bond motifs is 1. The Labute approximate surface area is 107 Å². The monoisotopic (exact) mass is 264 g/mol. The molecule has 1 aromatic carbocycles. The molecule has 94 valence electrons. The lowest BCUT2D eigenvalue weighted by molar-refractivity contribution is -0.384. The first-order valence-corrected chi connectivity index (χ1v) is 6.56. The van der Waals surface area contributed by atoms with Crippen LogP contribution >= 0.6 is 11.3 Å². The van der Waals surface area contributed by atoms with Crippen LogP contribution in [0.2, 0.25) is 0 Å². The fourth-order valence-corrected chi connectivity index (χ4v) is 3.08. The first-order chi connectivity index (χ1) is 8.65. The normalized spacial score (nSPS) is 15.4. The molecular weight excluding hydrogens is 252 g/mol. The molecule has 6 nitrogen and oxygen atoms in total. The number of rotatable bonds is 2. The molecule has 7 heteroatoms. The van der Waals surface area contributed by atoms with Crippen LogP contribution in [0.5, 0.6) is 0 Å². The molecule has 0 saturated carbocycles. The summed E-state index contributed by atoms with van der Waals surface area (Å²) in [6, 6.07) is 3.36. The highest BCUT2D eigenvalue weighted by Gasteiger charge is 2.23. The van der Waals surface area contributed by atoms with E-state index in [0.717, 1.165) is 30.6 Å². The van der Waals surface area contributed by atoms with Gasteiger partial charge in [0, 0.05) is 19.2 Å². The molecule has 0 bridgehead atoms. The Balaban J connectivity index is 2.19. The van der Waals surface area contributed by atoms with Crippen LogP contribution in [0, 0.1) is 10.1 Å². The molecule has 0 amide bonds. The second kappa shape index (κ2) is 4.09. The highest BCUT2D eigenvalue weighted by atomic mass is 32.1. The Bertz CT molecular complexity index is 619. The number of hydrogen-bond donors (Lipinski definition) is 1. The summed E-state index contributed by atoms with van der Waals surface area (Å²) in [5.74, 6) is 0. The zero-order valence-electron chi connectivity index (χ0n) is 9.63. The van der Waals surface area contributed by atoms with Crippen LogP contribution in [0.4, 0.5) is 16.5 Å². The number of thiazole rings is 1. The van der Waals surface area contributed by atoms with Gasteiger partial charge in [0.1, 0.15) is 5.69 Å². The Morgan fingerprint density at radius 2 is 2.11 bits per heavy atom. The van der Waals surface area contributed by atoms with E-state index in [4.69, 9.17) is 5.73 Å². The molecule has 0 aliphatic carbocycles. The number of hydrogen-bond acceptors (Lipinski definition) is 6. The number of aromatic nitrogens is 1. The van der Waals surface area contributed by atoms with Gasteiger partial charge in [-0.2, -0.15) is 0 Å². The van der Waals surface area contributed by atoms with Crippen molar-refractivity contribution in [3.05, 3.63) is 22.2 Å². The van der Waals surface area contributed by atoms with Gasteiger partial charge in [0.25, 0.3) is 5.69 Å². The summed E-state index contributed by atoms with van der Waals surface area (Å²) in [6.45, 7) is 1.75.